The summed E-state index contributed by atoms with van der Waals surface area (Å²) in [6.45, 7) is 0.791. The third-order valence-electron chi connectivity index (χ3n) is 6.61. The van der Waals surface area contributed by atoms with Gasteiger partial charge in [0.25, 0.3) is 0 Å². The smallest absolute Gasteiger partial charge is 0.225 e. The topological polar surface area (TPSA) is 58.4 Å². The number of likely N-dealkylation sites (N-methyl/N-ethyl adjacent to an activating group) is 1. The Hall–Kier alpha value is -0.610. The van der Waals surface area contributed by atoms with Crippen LogP contribution in [0.4, 0.5) is 0 Å². The standard InChI is InChI=1S/C17H31N3O/c1-20(2)17(8-4-3-5-9-17)11-19-16(21)14-12-6-7-13(10-12)15(14)18/h12-15H,3-11,18H2,1-2H3,(H,19,21). The summed E-state index contributed by atoms with van der Waals surface area (Å²) in [5.74, 6) is 1.45. The maximum atomic E-state index is 12.6. The van der Waals surface area contributed by atoms with Gasteiger partial charge in [0.1, 0.15) is 0 Å². The van der Waals surface area contributed by atoms with E-state index in [0.717, 1.165) is 6.54 Å². The van der Waals surface area contributed by atoms with Gasteiger partial charge in [-0.2, -0.15) is 0 Å². The van der Waals surface area contributed by atoms with Crippen LogP contribution in [0.15, 0.2) is 0 Å². The first-order chi connectivity index (χ1) is 10.0. The first-order valence-electron chi connectivity index (χ1n) is 8.74. The van der Waals surface area contributed by atoms with Gasteiger partial charge in [0.05, 0.1) is 5.92 Å². The number of amides is 1. The molecule has 3 rings (SSSR count). The zero-order chi connectivity index (χ0) is 15.0. The second-order valence-electron chi connectivity index (χ2n) is 7.83. The largest absolute Gasteiger partial charge is 0.354 e. The average Bonchev–Trinajstić information content (AvgIpc) is 3.06. The van der Waals surface area contributed by atoms with Gasteiger partial charge in [0, 0.05) is 18.1 Å². The lowest BCUT2D eigenvalue weighted by molar-refractivity contribution is -0.127. The van der Waals surface area contributed by atoms with Crippen molar-refractivity contribution in [1.29, 1.82) is 0 Å². The summed E-state index contributed by atoms with van der Waals surface area (Å²) in [6.07, 6.45) is 9.90. The minimum atomic E-state index is 0.0755. The predicted octanol–water partition coefficient (Wildman–Crippen LogP) is 1.74. The van der Waals surface area contributed by atoms with Gasteiger partial charge < -0.3 is 16.0 Å². The zero-order valence-corrected chi connectivity index (χ0v) is 13.6. The van der Waals surface area contributed by atoms with Crippen LogP contribution in [0.2, 0.25) is 0 Å². The number of carbonyl (C=O) groups excluding carboxylic acids is 1. The molecule has 1 amide bonds. The SMILES string of the molecule is CN(C)C1(CNC(=O)C2C3CCC(C3)C2N)CCCCC1. The molecule has 0 heterocycles. The molecule has 3 N–H and O–H groups in total. The highest BCUT2D eigenvalue weighted by atomic mass is 16.2. The number of nitrogens with one attached hydrogen (secondary N) is 1. The highest BCUT2D eigenvalue weighted by molar-refractivity contribution is 5.80. The Morgan fingerprint density at radius 2 is 1.86 bits per heavy atom. The summed E-state index contributed by atoms with van der Waals surface area (Å²) in [5.41, 5.74) is 6.46. The molecule has 0 aromatic carbocycles. The molecule has 4 atom stereocenters. The Kier molecular flexibility index (Phi) is 4.28. The van der Waals surface area contributed by atoms with E-state index >= 15 is 0 Å². The van der Waals surface area contributed by atoms with Gasteiger partial charge >= 0.3 is 0 Å². The van der Waals surface area contributed by atoms with Gasteiger partial charge in [0.2, 0.25) is 5.91 Å². The molecule has 0 spiro atoms. The number of carbonyl (C=O) groups is 1. The van der Waals surface area contributed by atoms with E-state index in [9.17, 15) is 4.79 Å². The number of nitrogens with zero attached hydrogens (tertiary/aromatic N) is 1. The number of fused-ring (bicyclic) bond motifs is 2. The second-order valence-corrected chi connectivity index (χ2v) is 7.83. The molecule has 0 radical (unpaired) electrons. The molecule has 4 heteroatoms. The van der Waals surface area contributed by atoms with Crippen molar-refractivity contribution in [3.05, 3.63) is 0 Å². The number of hydrogen-bond acceptors (Lipinski definition) is 3. The van der Waals surface area contributed by atoms with E-state index in [1.807, 2.05) is 0 Å². The Bertz CT molecular complexity index is 387. The van der Waals surface area contributed by atoms with Crippen molar-refractivity contribution >= 4 is 5.91 Å². The molecule has 120 valence electrons. The lowest BCUT2D eigenvalue weighted by Gasteiger charge is -2.43. The van der Waals surface area contributed by atoms with Crippen LogP contribution in [0, 0.1) is 17.8 Å². The van der Waals surface area contributed by atoms with Crippen molar-refractivity contribution in [2.45, 2.75) is 62.9 Å². The third-order valence-corrected chi connectivity index (χ3v) is 6.61. The van der Waals surface area contributed by atoms with E-state index in [-0.39, 0.29) is 23.4 Å². The maximum Gasteiger partial charge on any atom is 0.225 e. The molecule has 4 unspecified atom stereocenters. The normalized spacial score (nSPS) is 37.9. The van der Waals surface area contributed by atoms with E-state index in [1.165, 1.54) is 51.4 Å². The molecule has 0 aliphatic heterocycles. The van der Waals surface area contributed by atoms with Gasteiger partial charge in [-0.1, -0.05) is 19.3 Å². The lowest BCUT2D eigenvalue weighted by Crippen LogP contribution is -2.56. The fraction of sp³-hybridized carbons (Fsp3) is 0.941. The molecule has 3 aliphatic rings. The van der Waals surface area contributed by atoms with Crippen LogP contribution in [-0.2, 0) is 4.79 Å². The molecule has 0 aromatic rings. The zero-order valence-electron chi connectivity index (χ0n) is 13.6. The van der Waals surface area contributed by atoms with E-state index in [2.05, 4.69) is 24.3 Å². The van der Waals surface area contributed by atoms with Crippen molar-refractivity contribution in [2.75, 3.05) is 20.6 Å². The quantitative estimate of drug-likeness (QED) is 0.830. The fourth-order valence-electron chi connectivity index (χ4n) is 5.09. The second kappa shape index (κ2) is 5.88. The highest BCUT2D eigenvalue weighted by Gasteiger charge is 2.49. The molecular formula is C17H31N3O. The molecular weight excluding hydrogens is 262 g/mol. The minimum absolute atomic E-state index is 0.0755. The molecule has 3 fully saturated rings. The van der Waals surface area contributed by atoms with Crippen LogP contribution < -0.4 is 11.1 Å². The van der Waals surface area contributed by atoms with Crippen LogP contribution in [-0.4, -0.2) is 43.0 Å². The van der Waals surface area contributed by atoms with E-state index in [1.54, 1.807) is 0 Å². The van der Waals surface area contributed by atoms with Gasteiger partial charge in [-0.25, -0.2) is 0 Å². The summed E-state index contributed by atoms with van der Waals surface area (Å²) in [4.78, 5) is 15.0. The maximum absolute atomic E-state index is 12.6. The van der Waals surface area contributed by atoms with E-state index < -0.39 is 0 Å². The Morgan fingerprint density at radius 1 is 1.19 bits per heavy atom. The molecule has 0 saturated heterocycles. The highest BCUT2D eigenvalue weighted by Crippen LogP contribution is 2.47. The summed E-state index contributed by atoms with van der Waals surface area (Å²) in [6, 6.07) is 0.102. The molecule has 4 nitrogen and oxygen atoms in total. The van der Waals surface area contributed by atoms with Crippen molar-refractivity contribution < 1.29 is 4.79 Å². The average molecular weight is 293 g/mol. The van der Waals surface area contributed by atoms with E-state index in [0.29, 0.717) is 11.8 Å². The minimum Gasteiger partial charge on any atom is -0.354 e. The van der Waals surface area contributed by atoms with Crippen LogP contribution in [0.1, 0.15) is 51.4 Å². The first-order valence-corrected chi connectivity index (χ1v) is 8.74. The van der Waals surface area contributed by atoms with Crippen LogP contribution >= 0.6 is 0 Å². The summed E-state index contributed by atoms with van der Waals surface area (Å²) in [7, 11) is 4.31. The Balaban J connectivity index is 1.60. The van der Waals surface area contributed by atoms with Crippen molar-refractivity contribution in [1.82, 2.24) is 10.2 Å². The molecule has 3 saturated carbocycles. The van der Waals surface area contributed by atoms with Crippen molar-refractivity contribution in [2.24, 2.45) is 23.5 Å². The Morgan fingerprint density at radius 3 is 2.43 bits per heavy atom. The first kappa shape index (κ1) is 15.3. The van der Waals surface area contributed by atoms with Gasteiger partial charge in [-0.05, 0) is 58.0 Å². The van der Waals surface area contributed by atoms with Crippen LogP contribution in [0.3, 0.4) is 0 Å². The molecule has 3 aliphatic carbocycles. The molecule has 0 aromatic heterocycles. The van der Waals surface area contributed by atoms with Crippen LogP contribution in [0.25, 0.3) is 0 Å². The van der Waals surface area contributed by atoms with Crippen molar-refractivity contribution in [3.63, 3.8) is 0 Å². The van der Waals surface area contributed by atoms with E-state index in [4.69, 9.17) is 5.73 Å². The van der Waals surface area contributed by atoms with Gasteiger partial charge in [-0.3, -0.25) is 4.79 Å². The Labute approximate surface area is 128 Å². The van der Waals surface area contributed by atoms with Gasteiger partial charge in [-0.15, -0.1) is 0 Å². The monoisotopic (exact) mass is 293 g/mol. The van der Waals surface area contributed by atoms with Gasteiger partial charge in [0.15, 0.2) is 0 Å². The predicted molar refractivity (Wildman–Crippen MR) is 84.8 cm³/mol. The third kappa shape index (κ3) is 2.72. The van der Waals surface area contributed by atoms with Crippen molar-refractivity contribution in [3.8, 4) is 0 Å². The number of hydrogen-bond donors (Lipinski definition) is 2. The summed E-state index contributed by atoms with van der Waals surface area (Å²) >= 11 is 0. The number of nitrogens with two attached hydrogens (primary N) is 1. The fourth-order valence-corrected chi connectivity index (χ4v) is 5.09. The lowest BCUT2D eigenvalue weighted by atomic mass is 9.80. The molecule has 2 bridgehead atoms. The molecule has 21 heavy (non-hydrogen) atoms. The number of rotatable bonds is 4. The summed E-state index contributed by atoms with van der Waals surface area (Å²) in [5, 5.41) is 3.27. The summed E-state index contributed by atoms with van der Waals surface area (Å²) < 4.78 is 0. The van der Waals surface area contributed by atoms with Crippen LogP contribution in [0.5, 0.6) is 0 Å².